The van der Waals surface area contributed by atoms with Crippen LogP contribution in [0.3, 0.4) is 0 Å². The minimum atomic E-state index is -0.436. The molecule has 1 fully saturated rings. The van der Waals surface area contributed by atoms with Crippen molar-refractivity contribution in [1.82, 2.24) is 4.90 Å². The lowest BCUT2D eigenvalue weighted by molar-refractivity contribution is -0.113. The highest BCUT2D eigenvalue weighted by Crippen LogP contribution is 2.22. The van der Waals surface area contributed by atoms with Gasteiger partial charge in [-0.1, -0.05) is 6.08 Å². The van der Waals surface area contributed by atoms with Gasteiger partial charge in [0.15, 0.2) is 0 Å². The fourth-order valence-electron chi connectivity index (χ4n) is 1.32. The molecule has 1 saturated heterocycles. The van der Waals surface area contributed by atoms with Crippen LogP contribution in [0.4, 0.5) is 0 Å². The van der Waals surface area contributed by atoms with E-state index < -0.39 is 5.91 Å². The summed E-state index contributed by atoms with van der Waals surface area (Å²) in [7, 11) is 0. The van der Waals surface area contributed by atoms with Crippen LogP contribution in [-0.4, -0.2) is 40.6 Å². The number of hydrogen-bond acceptors (Lipinski definition) is 3. The van der Waals surface area contributed by atoms with Gasteiger partial charge in [0.25, 0.3) is 0 Å². The molecule has 1 aliphatic heterocycles. The summed E-state index contributed by atoms with van der Waals surface area (Å²) < 4.78 is 0. The van der Waals surface area contributed by atoms with E-state index in [9.17, 15) is 4.79 Å². The largest absolute Gasteiger partial charge is 0.390 e. The molecule has 1 heterocycles. The third-order valence-corrected chi connectivity index (χ3v) is 2.33. The summed E-state index contributed by atoms with van der Waals surface area (Å²) in [5, 5.41) is 9.10. The molecular formula is C9H16N2O2. The van der Waals surface area contributed by atoms with Crippen LogP contribution >= 0.6 is 0 Å². The molecule has 0 aliphatic carbocycles. The van der Waals surface area contributed by atoms with Crippen molar-refractivity contribution in [3.05, 3.63) is 12.2 Å². The molecule has 0 atom stereocenters. The first-order chi connectivity index (χ1) is 5.92. The second-order valence-corrected chi connectivity index (χ2v) is 3.95. The van der Waals surface area contributed by atoms with Crippen molar-refractivity contribution in [2.75, 3.05) is 13.1 Å². The molecule has 13 heavy (non-hydrogen) atoms. The summed E-state index contributed by atoms with van der Waals surface area (Å²) in [5.41, 5.74) is 4.79. The molecule has 0 aromatic heterocycles. The zero-order valence-corrected chi connectivity index (χ0v) is 8.03. The Morgan fingerprint density at radius 2 is 2.15 bits per heavy atom. The number of amides is 1. The van der Waals surface area contributed by atoms with Crippen molar-refractivity contribution in [2.45, 2.75) is 25.5 Å². The van der Waals surface area contributed by atoms with Crippen molar-refractivity contribution in [3.63, 3.8) is 0 Å². The Kier molecular flexibility index (Phi) is 2.73. The molecule has 3 N–H and O–H groups in total. The third-order valence-electron chi connectivity index (χ3n) is 2.33. The van der Waals surface area contributed by atoms with Crippen LogP contribution < -0.4 is 5.73 Å². The van der Waals surface area contributed by atoms with Crippen LogP contribution in [0.5, 0.6) is 0 Å². The highest BCUT2D eigenvalue weighted by atomic mass is 16.3. The van der Waals surface area contributed by atoms with Gasteiger partial charge in [-0.2, -0.15) is 0 Å². The quantitative estimate of drug-likeness (QED) is 0.580. The molecule has 4 heteroatoms. The van der Waals surface area contributed by atoms with Crippen LogP contribution in [0.25, 0.3) is 0 Å². The predicted octanol–water partition coefficient (Wildman–Crippen LogP) is -0.517. The van der Waals surface area contributed by atoms with E-state index >= 15 is 0 Å². The smallest absolute Gasteiger partial charge is 0.241 e. The lowest BCUT2D eigenvalue weighted by atomic mass is 9.96. The number of nitrogens with zero attached hydrogens (tertiary/aromatic N) is 1. The third kappa shape index (κ3) is 2.54. The SMILES string of the molecule is CC(C)(/C=C/C(N)=O)N1CC(O)C1. The molecule has 74 valence electrons. The fraction of sp³-hybridized carbons (Fsp3) is 0.667. The first-order valence-corrected chi connectivity index (χ1v) is 4.33. The van der Waals surface area contributed by atoms with E-state index in [1.807, 2.05) is 13.8 Å². The summed E-state index contributed by atoms with van der Waals surface area (Å²) >= 11 is 0. The zero-order chi connectivity index (χ0) is 10.1. The Labute approximate surface area is 78.0 Å². The van der Waals surface area contributed by atoms with Crippen molar-refractivity contribution < 1.29 is 9.90 Å². The predicted molar refractivity (Wildman–Crippen MR) is 50.0 cm³/mol. The molecule has 0 radical (unpaired) electrons. The fourth-order valence-corrected chi connectivity index (χ4v) is 1.32. The summed E-state index contributed by atoms with van der Waals surface area (Å²) in [4.78, 5) is 12.6. The molecule has 0 bridgehead atoms. The van der Waals surface area contributed by atoms with Crippen LogP contribution in [0, 0.1) is 0 Å². The van der Waals surface area contributed by atoms with Gasteiger partial charge in [-0.3, -0.25) is 9.69 Å². The van der Waals surface area contributed by atoms with E-state index in [1.165, 1.54) is 6.08 Å². The van der Waals surface area contributed by atoms with Crippen LogP contribution in [-0.2, 0) is 4.79 Å². The van der Waals surface area contributed by atoms with Crippen molar-refractivity contribution >= 4 is 5.91 Å². The maximum absolute atomic E-state index is 10.5. The van der Waals surface area contributed by atoms with Gasteiger partial charge < -0.3 is 10.8 Å². The van der Waals surface area contributed by atoms with E-state index in [1.54, 1.807) is 6.08 Å². The number of hydrogen-bond donors (Lipinski definition) is 2. The molecule has 0 aromatic carbocycles. The van der Waals surface area contributed by atoms with Gasteiger partial charge in [0, 0.05) is 24.7 Å². The number of carbonyl (C=O) groups is 1. The molecule has 1 rings (SSSR count). The first-order valence-electron chi connectivity index (χ1n) is 4.33. The summed E-state index contributed by atoms with van der Waals surface area (Å²) in [6, 6.07) is 0. The second kappa shape index (κ2) is 3.47. The summed E-state index contributed by atoms with van der Waals surface area (Å²) in [6.45, 7) is 5.29. The average Bonchev–Trinajstić information content (AvgIpc) is 1.95. The molecule has 0 saturated carbocycles. The Morgan fingerprint density at radius 3 is 2.54 bits per heavy atom. The van der Waals surface area contributed by atoms with Crippen molar-refractivity contribution in [2.24, 2.45) is 5.73 Å². The highest BCUT2D eigenvalue weighted by molar-refractivity contribution is 5.85. The van der Waals surface area contributed by atoms with Gasteiger partial charge in [-0.05, 0) is 13.8 Å². The van der Waals surface area contributed by atoms with E-state index in [0.717, 1.165) is 0 Å². The van der Waals surface area contributed by atoms with E-state index in [4.69, 9.17) is 10.8 Å². The Morgan fingerprint density at radius 1 is 1.62 bits per heavy atom. The second-order valence-electron chi connectivity index (χ2n) is 3.95. The van der Waals surface area contributed by atoms with E-state index in [0.29, 0.717) is 13.1 Å². The minimum absolute atomic E-state index is 0.200. The number of aliphatic hydroxyl groups excluding tert-OH is 1. The zero-order valence-electron chi connectivity index (χ0n) is 8.03. The molecule has 1 amide bonds. The van der Waals surface area contributed by atoms with Gasteiger partial charge in [0.1, 0.15) is 0 Å². The average molecular weight is 184 g/mol. The van der Waals surface area contributed by atoms with Crippen molar-refractivity contribution in [1.29, 1.82) is 0 Å². The van der Waals surface area contributed by atoms with Crippen LogP contribution in [0.2, 0.25) is 0 Å². The van der Waals surface area contributed by atoms with Crippen LogP contribution in [0.1, 0.15) is 13.8 Å². The topological polar surface area (TPSA) is 66.6 Å². The first kappa shape index (κ1) is 10.2. The van der Waals surface area contributed by atoms with Gasteiger partial charge in [0.05, 0.1) is 6.10 Å². The van der Waals surface area contributed by atoms with E-state index in [2.05, 4.69) is 4.90 Å². The number of aliphatic hydroxyl groups is 1. The summed E-state index contributed by atoms with van der Waals surface area (Å²) in [6.07, 6.45) is 2.91. The van der Waals surface area contributed by atoms with Gasteiger partial charge in [-0.25, -0.2) is 0 Å². The van der Waals surface area contributed by atoms with Gasteiger partial charge >= 0.3 is 0 Å². The number of carbonyl (C=O) groups excluding carboxylic acids is 1. The molecule has 0 aromatic rings. The lowest BCUT2D eigenvalue weighted by Gasteiger charge is -2.45. The van der Waals surface area contributed by atoms with Gasteiger partial charge in [-0.15, -0.1) is 0 Å². The molecular weight excluding hydrogens is 168 g/mol. The normalized spacial score (nSPS) is 20.5. The Hall–Kier alpha value is -0.870. The molecule has 0 unspecified atom stereocenters. The molecule has 4 nitrogen and oxygen atoms in total. The number of primary amides is 1. The van der Waals surface area contributed by atoms with Crippen molar-refractivity contribution in [3.8, 4) is 0 Å². The number of rotatable bonds is 3. The lowest BCUT2D eigenvalue weighted by Crippen LogP contribution is -2.59. The van der Waals surface area contributed by atoms with E-state index in [-0.39, 0.29) is 11.6 Å². The molecule has 0 spiro atoms. The maximum atomic E-state index is 10.5. The Balaban J connectivity index is 2.51. The Bertz CT molecular complexity index is 230. The number of nitrogens with two attached hydrogens (primary N) is 1. The molecule has 1 aliphatic rings. The van der Waals surface area contributed by atoms with Crippen LogP contribution in [0.15, 0.2) is 12.2 Å². The standard InChI is InChI=1S/C9H16N2O2/c1-9(2,4-3-8(10)13)11-5-7(12)6-11/h3-4,7,12H,5-6H2,1-2H3,(H2,10,13)/b4-3+. The maximum Gasteiger partial charge on any atom is 0.241 e. The number of β-amino-alcohol motifs (C(OH)–C–C–N with tert-alkyl or cyclic N) is 1. The highest BCUT2D eigenvalue weighted by Gasteiger charge is 2.34. The number of likely N-dealkylation sites (tertiary alicyclic amines) is 1. The minimum Gasteiger partial charge on any atom is -0.390 e. The van der Waals surface area contributed by atoms with Gasteiger partial charge in [0.2, 0.25) is 5.91 Å². The monoisotopic (exact) mass is 184 g/mol. The summed E-state index contributed by atoms with van der Waals surface area (Å²) in [5.74, 6) is -0.436.